The van der Waals surface area contributed by atoms with E-state index in [1.165, 1.54) is 18.2 Å². The van der Waals surface area contributed by atoms with E-state index in [-0.39, 0.29) is 5.02 Å². The number of aryl methyl sites for hydroxylation is 1. The Labute approximate surface area is 109 Å². The Bertz CT molecular complexity index is 555. The van der Waals surface area contributed by atoms with Gasteiger partial charge in [-0.2, -0.15) is 0 Å². The zero-order valence-electron chi connectivity index (χ0n) is 9.01. The van der Waals surface area contributed by atoms with Crippen LogP contribution in [0.1, 0.15) is 5.56 Å². The third-order valence-electron chi connectivity index (χ3n) is 2.21. The second-order valence-corrected chi connectivity index (χ2v) is 4.43. The largest absolute Gasteiger partial charge is 0.456 e. The maximum absolute atomic E-state index is 13.0. The van der Waals surface area contributed by atoms with Gasteiger partial charge in [0.25, 0.3) is 0 Å². The molecule has 0 radical (unpaired) electrons. The molecule has 0 saturated heterocycles. The lowest BCUT2D eigenvalue weighted by molar-refractivity contribution is 0.481. The van der Waals surface area contributed by atoms with Crippen LogP contribution in [-0.4, -0.2) is 0 Å². The van der Waals surface area contributed by atoms with Crippen molar-refractivity contribution >= 4 is 23.2 Å². The maximum Gasteiger partial charge on any atom is 0.146 e. The van der Waals surface area contributed by atoms with E-state index >= 15 is 0 Å². The van der Waals surface area contributed by atoms with Crippen molar-refractivity contribution < 1.29 is 9.13 Å². The minimum atomic E-state index is -0.478. The Hall–Kier alpha value is -1.25. The fourth-order valence-corrected chi connectivity index (χ4v) is 1.80. The van der Waals surface area contributed by atoms with Crippen molar-refractivity contribution in [2.24, 2.45) is 0 Å². The molecule has 4 heteroatoms. The maximum atomic E-state index is 13.0. The second kappa shape index (κ2) is 4.94. The minimum absolute atomic E-state index is 0.0192. The summed E-state index contributed by atoms with van der Waals surface area (Å²) in [6.45, 7) is 1.93. The molecule has 0 atom stereocenters. The van der Waals surface area contributed by atoms with Gasteiger partial charge in [-0.3, -0.25) is 0 Å². The van der Waals surface area contributed by atoms with Gasteiger partial charge in [0.1, 0.15) is 17.3 Å². The minimum Gasteiger partial charge on any atom is -0.456 e. The first-order chi connectivity index (χ1) is 8.06. The van der Waals surface area contributed by atoms with Crippen molar-refractivity contribution in [3.63, 3.8) is 0 Å². The molecule has 0 unspecified atom stereocenters. The van der Waals surface area contributed by atoms with Crippen LogP contribution < -0.4 is 4.74 Å². The molecule has 0 saturated carbocycles. The van der Waals surface area contributed by atoms with E-state index in [0.29, 0.717) is 16.5 Å². The van der Waals surface area contributed by atoms with Gasteiger partial charge in [0.15, 0.2) is 0 Å². The first kappa shape index (κ1) is 12.2. The van der Waals surface area contributed by atoms with Crippen molar-refractivity contribution in [1.82, 2.24) is 0 Å². The number of benzene rings is 2. The Balaban J connectivity index is 2.28. The van der Waals surface area contributed by atoms with Crippen molar-refractivity contribution in [3.8, 4) is 11.5 Å². The first-order valence-electron chi connectivity index (χ1n) is 4.95. The van der Waals surface area contributed by atoms with Crippen LogP contribution in [0.4, 0.5) is 4.39 Å². The molecular weight excluding hydrogens is 262 g/mol. The van der Waals surface area contributed by atoms with E-state index in [1.807, 2.05) is 13.0 Å². The van der Waals surface area contributed by atoms with Gasteiger partial charge in [-0.05, 0) is 36.8 Å². The molecule has 0 spiro atoms. The second-order valence-electron chi connectivity index (χ2n) is 3.61. The molecule has 0 N–H and O–H groups in total. The van der Waals surface area contributed by atoms with Gasteiger partial charge < -0.3 is 4.74 Å². The SMILES string of the molecule is Cc1ccc(Oc2ccc(F)c(Cl)c2)c(Cl)c1. The Morgan fingerprint density at radius 2 is 1.76 bits per heavy atom. The number of ether oxygens (including phenoxy) is 1. The summed E-state index contributed by atoms with van der Waals surface area (Å²) in [5, 5.41) is 0.524. The lowest BCUT2D eigenvalue weighted by Gasteiger charge is -2.08. The topological polar surface area (TPSA) is 9.23 Å². The van der Waals surface area contributed by atoms with E-state index < -0.39 is 5.82 Å². The van der Waals surface area contributed by atoms with Gasteiger partial charge in [-0.25, -0.2) is 4.39 Å². The average Bonchev–Trinajstić information content (AvgIpc) is 2.27. The Morgan fingerprint density at radius 3 is 2.41 bits per heavy atom. The zero-order valence-corrected chi connectivity index (χ0v) is 10.5. The van der Waals surface area contributed by atoms with Gasteiger partial charge in [0.05, 0.1) is 10.0 Å². The summed E-state index contributed by atoms with van der Waals surface area (Å²) < 4.78 is 18.5. The summed E-state index contributed by atoms with van der Waals surface area (Å²) in [5.74, 6) is 0.483. The lowest BCUT2D eigenvalue weighted by atomic mass is 10.2. The van der Waals surface area contributed by atoms with E-state index in [4.69, 9.17) is 27.9 Å². The molecule has 2 aromatic rings. The van der Waals surface area contributed by atoms with E-state index in [1.54, 1.807) is 12.1 Å². The molecule has 0 bridgehead atoms. The highest BCUT2D eigenvalue weighted by Gasteiger charge is 2.06. The summed E-state index contributed by atoms with van der Waals surface area (Å²) in [4.78, 5) is 0. The van der Waals surface area contributed by atoms with Crippen molar-refractivity contribution in [3.05, 3.63) is 57.8 Å². The number of halogens is 3. The molecule has 0 amide bonds. The van der Waals surface area contributed by atoms with Crippen molar-refractivity contribution in [1.29, 1.82) is 0 Å². The third kappa shape index (κ3) is 2.90. The molecule has 0 heterocycles. The molecule has 0 fully saturated rings. The smallest absolute Gasteiger partial charge is 0.146 e. The molecule has 17 heavy (non-hydrogen) atoms. The van der Waals surface area contributed by atoms with Crippen LogP contribution in [0.25, 0.3) is 0 Å². The average molecular weight is 271 g/mol. The lowest BCUT2D eigenvalue weighted by Crippen LogP contribution is -1.87. The summed E-state index contributed by atoms with van der Waals surface area (Å²) in [5.41, 5.74) is 1.04. The molecule has 0 aliphatic rings. The monoisotopic (exact) mass is 270 g/mol. The Kier molecular flexibility index (Phi) is 3.55. The molecule has 88 valence electrons. The normalized spacial score (nSPS) is 10.4. The van der Waals surface area contributed by atoms with Crippen LogP contribution in [0.5, 0.6) is 11.5 Å². The predicted octanol–water partition coefficient (Wildman–Crippen LogP) is 5.23. The van der Waals surface area contributed by atoms with E-state index in [0.717, 1.165) is 5.56 Å². The highest BCUT2D eigenvalue weighted by molar-refractivity contribution is 6.32. The van der Waals surface area contributed by atoms with Gasteiger partial charge in [-0.15, -0.1) is 0 Å². The highest BCUT2D eigenvalue weighted by atomic mass is 35.5. The number of hydrogen-bond acceptors (Lipinski definition) is 1. The molecular formula is C13H9Cl2FO. The molecule has 0 aliphatic carbocycles. The molecule has 0 aliphatic heterocycles. The fraction of sp³-hybridized carbons (Fsp3) is 0.0769. The number of hydrogen-bond donors (Lipinski definition) is 0. The molecule has 1 nitrogen and oxygen atoms in total. The molecule has 0 aromatic heterocycles. The molecule has 2 aromatic carbocycles. The first-order valence-corrected chi connectivity index (χ1v) is 5.71. The van der Waals surface area contributed by atoms with Gasteiger partial charge in [-0.1, -0.05) is 29.3 Å². The van der Waals surface area contributed by atoms with Crippen LogP contribution in [0, 0.1) is 12.7 Å². The van der Waals surface area contributed by atoms with Gasteiger partial charge in [0.2, 0.25) is 0 Å². The predicted molar refractivity (Wildman–Crippen MR) is 67.7 cm³/mol. The van der Waals surface area contributed by atoms with Gasteiger partial charge in [0, 0.05) is 6.07 Å². The van der Waals surface area contributed by atoms with Crippen molar-refractivity contribution in [2.45, 2.75) is 6.92 Å². The summed E-state index contributed by atoms with van der Waals surface area (Å²) in [6, 6.07) is 9.59. The quantitative estimate of drug-likeness (QED) is 0.726. The highest BCUT2D eigenvalue weighted by Crippen LogP contribution is 2.31. The zero-order chi connectivity index (χ0) is 12.4. The standard InChI is InChI=1S/C13H9Cl2FO/c1-8-2-5-13(11(15)6-8)17-9-3-4-12(16)10(14)7-9/h2-7H,1H3. The fourth-order valence-electron chi connectivity index (χ4n) is 1.36. The summed E-state index contributed by atoms with van der Waals surface area (Å²) in [6.07, 6.45) is 0. The van der Waals surface area contributed by atoms with Crippen LogP contribution >= 0.6 is 23.2 Å². The Morgan fingerprint density at radius 1 is 1.00 bits per heavy atom. The van der Waals surface area contributed by atoms with Gasteiger partial charge >= 0.3 is 0 Å². The molecule has 2 rings (SSSR count). The van der Waals surface area contributed by atoms with Crippen molar-refractivity contribution in [2.75, 3.05) is 0 Å². The van der Waals surface area contributed by atoms with Crippen LogP contribution in [-0.2, 0) is 0 Å². The van der Waals surface area contributed by atoms with Crippen LogP contribution in [0.2, 0.25) is 10.0 Å². The van der Waals surface area contributed by atoms with Crippen LogP contribution in [0.15, 0.2) is 36.4 Å². The number of rotatable bonds is 2. The summed E-state index contributed by atoms with van der Waals surface area (Å²) >= 11 is 11.7. The van der Waals surface area contributed by atoms with E-state index in [2.05, 4.69) is 0 Å². The van der Waals surface area contributed by atoms with Crippen LogP contribution in [0.3, 0.4) is 0 Å². The summed E-state index contributed by atoms with van der Waals surface area (Å²) in [7, 11) is 0. The van der Waals surface area contributed by atoms with E-state index in [9.17, 15) is 4.39 Å². The third-order valence-corrected chi connectivity index (χ3v) is 2.79.